The number of aromatic nitrogens is 1. The summed E-state index contributed by atoms with van der Waals surface area (Å²) in [4.78, 5) is 31.4. The number of nitrogens with zero attached hydrogens (tertiary/aromatic N) is 2. The summed E-state index contributed by atoms with van der Waals surface area (Å²) in [6.45, 7) is 1.04. The molecule has 0 saturated carbocycles. The number of hydrogen-bond acceptors (Lipinski definition) is 5. The highest BCUT2D eigenvalue weighted by atomic mass is 32.1. The van der Waals surface area contributed by atoms with Crippen molar-refractivity contribution in [2.24, 2.45) is 0 Å². The standard InChI is InChI=1S/C20H16N2O3S/c23-19-14-8-7-12(18-21-16-5-1-2-6-17(16)26-18)10-15(14)20(24)22(19)11-13-4-3-9-25-13/h1-2,5-8,10,13H,3-4,9,11H2/t13-/m1/s1. The van der Waals surface area contributed by atoms with Gasteiger partial charge in [0, 0.05) is 12.2 Å². The Morgan fingerprint density at radius 2 is 1.96 bits per heavy atom. The summed E-state index contributed by atoms with van der Waals surface area (Å²) in [6.07, 6.45) is 1.83. The van der Waals surface area contributed by atoms with Crippen molar-refractivity contribution >= 4 is 33.4 Å². The van der Waals surface area contributed by atoms with Crippen LogP contribution < -0.4 is 0 Å². The van der Waals surface area contributed by atoms with E-state index < -0.39 is 0 Å². The number of benzene rings is 2. The van der Waals surface area contributed by atoms with Crippen molar-refractivity contribution in [2.75, 3.05) is 13.2 Å². The Kier molecular flexibility index (Phi) is 3.62. The maximum Gasteiger partial charge on any atom is 0.261 e. The Morgan fingerprint density at radius 3 is 2.77 bits per heavy atom. The molecule has 1 atom stereocenters. The van der Waals surface area contributed by atoms with E-state index in [2.05, 4.69) is 4.98 Å². The lowest BCUT2D eigenvalue weighted by atomic mass is 10.1. The average Bonchev–Trinajstić information content (AvgIpc) is 3.37. The van der Waals surface area contributed by atoms with Gasteiger partial charge in [-0.25, -0.2) is 4.98 Å². The second kappa shape index (κ2) is 6.00. The van der Waals surface area contributed by atoms with E-state index in [0.717, 1.165) is 33.6 Å². The van der Waals surface area contributed by atoms with Gasteiger partial charge in [0.25, 0.3) is 11.8 Å². The summed E-state index contributed by atoms with van der Waals surface area (Å²) in [5, 5.41) is 0.854. The summed E-state index contributed by atoms with van der Waals surface area (Å²) in [6, 6.07) is 13.4. The minimum absolute atomic E-state index is 0.0408. The number of fused-ring (bicyclic) bond motifs is 2. The molecule has 2 aliphatic heterocycles. The summed E-state index contributed by atoms with van der Waals surface area (Å²) < 4.78 is 6.68. The van der Waals surface area contributed by atoms with E-state index in [9.17, 15) is 9.59 Å². The predicted octanol–water partition coefficient (Wildman–Crippen LogP) is 3.74. The molecule has 5 rings (SSSR count). The van der Waals surface area contributed by atoms with Gasteiger partial charge in [-0.1, -0.05) is 18.2 Å². The number of ether oxygens (including phenoxy) is 1. The third kappa shape index (κ3) is 2.45. The molecular weight excluding hydrogens is 348 g/mol. The fourth-order valence-electron chi connectivity index (χ4n) is 3.58. The van der Waals surface area contributed by atoms with Crippen LogP contribution in [0.4, 0.5) is 0 Å². The van der Waals surface area contributed by atoms with Crippen LogP contribution >= 0.6 is 11.3 Å². The number of imide groups is 1. The summed E-state index contributed by atoms with van der Waals surface area (Å²) >= 11 is 1.58. The number of para-hydroxylation sites is 1. The van der Waals surface area contributed by atoms with Crippen LogP contribution in [-0.4, -0.2) is 41.0 Å². The number of rotatable bonds is 3. The molecule has 1 aromatic heterocycles. The van der Waals surface area contributed by atoms with Crippen molar-refractivity contribution in [3.63, 3.8) is 0 Å². The summed E-state index contributed by atoms with van der Waals surface area (Å²) in [5.74, 6) is -0.459. The molecular formula is C20H16N2O3S. The number of carbonyl (C=O) groups is 2. The quantitative estimate of drug-likeness (QED) is 0.664. The average molecular weight is 364 g/mol. The molecule has 0 radical (unpaired) electrons. The second-order valence-corrected chi connectivity index (χ2v) is 7.63. The molecule has 1 saturated heterocycles. The molecule has 0 N–H and O–H groups in total. The van der Waals surface area contributed by atoms with Crippen LogP contribution in [0.3, 0.4) is 0 Å². The van der Waals surface area contributed by atoms with Crippen LogP contribution in [0.1, 0.15) is 33.6 Å². The zero-order valence-corrected chi connectivity index (χ0v) is 14.8. The van der Waals surface area contributed by atoms with Gasteiger partial charge < -0.3 is 4.74 Å². The predicted molar refractivity (Wildman–Crippen MR) is 99.4 cm³/mol. The molecule has 2 aromatic carbocycles. The summed E-state index contributed by atoms with van der Waals surface area (Å²) in [5.41, 5.74) is 2.74. The van der Waals surface area contributed by atoms with Crippen LogP contribution in [0.5, 0.6) is 0 Å². The molecule has 3 aromatic rings. The molecule has 0 bridgehead atoms. The van der Waals surface area contributed by atoms with Gasteiger partial charge in [-0.2, -0.15) is 0 Å². The van der Waals surface area contributed by atoms with Gasteiger partial charge in [0.15, 0.2) is 0 Å². The number of carbonyl (C=O) groups excluding carboxylic acids is 2. The lowest BCUT2D eigenvalue weighted by Crippen LogP contribution is -2.36. The topological polar surface area (TPSA) is 59.5 Å². The van der Waals surface area contributed by atoms with Crippen molar-refractivity contribution in [1.29, 1.82) is 0 Å². The zero-order chi connectivity index (χ0) is 17.7. The number of hydrogen-bond donors (Lipinski definition) is 0. The Morgan fingerprint density at radius 1 is 1.12 bits per heavy atom. The maximum absolute atomic E-state index is 12.8. The van der Waals surface area contributed by atoms with Gasteiger partial charge in [-0.05, 0) is 37.1 Å². The number of thiazole rings is 1. The summed E-state index contributed by atoms with van der Waals surface area (Å²) in [7, 11) is 0. The van der Waals surface area contributed by atoms with Gasteiger partial charge in [0.1, 0.15) is 5.01 Å². The molecule has 0 aliphatic carbocycles. The Balaban J connectivity index is 1.49. The zero-order valence-electron chi connectivity index (χ0n) is 14.0. The monoisotopic (exact) mass is 364 g/mol. The minimum Gasteiger partial charge on any atom is -0.376 e. The van der Waals surface area contributed by atoms with E-state index in [4.69, 9.17) is 4.74 Å². The normalized spacial score (nSPS) is 19.5. The van der Waals surface area contributed by atoms with Crippen LogP contribution in [0.15, 0.2) is 42.5 Å². The fourth-order valence-corrected chi connectivity index (χ4v) is 4.54. The van der Waals surface area contributed by atoms with Crippen molar-refractivity contribution in [2.45, 2.75) is 18.9 Å². The van der Waals surface area contributed by atoms with Crippen LogP contribution in [0.25, 0.3) is 20.8 Å². The van der Waals surface area contributed by atoms with Gasteiger partial charge in [-0.15, -0.1) is 11.3 Å². The van der Waals surface area contributed by atoms with Gasteiger partial charge in [-0.3, -0.25) is 14.5 Å². The molecule has 2 amide bonds. The van der Waals surface area contributed by atoms with Gasteiger partial charge >= 0.3 is 0 Å². The first-order valence-corrected chi connectivity index (χ1v) is 9.50. The third-order valence-electron chi connectivity index (χ3n) is 4.92. The second-order valence-electron chi connectivity index (χ2n) is 6.60. The van der Waals surface area contributed by atoms with E-state index in [1.165, 1.54) is 4.90 Å². The van der Waals surface area contributed by atoms with Gasteiger partial charge in [0.05, 0.1) is 34.0 Å². The van der Waals surface area contributed by atoms with Crippen LogP contribution in [0.2, 0.25) is 0 Å². The molecule has 1 fully saturated rings. The molecule has 2 aliphatic rings. The fraction of sp³-hybridized carbons (Fsp3) is 0.250. The highest BCUT2D eigenvalue weighted by Gasteiger charge is 2.37. The van der Waals surface area contributed by atoms with Crippen molar-refractivity contribution in [3.8, 4) is 10.6 Å². The van der Waals surface area contributed by atoms with Crippen LogP contribution in [-0.2, 0) is 4.74 Å². The van der Waals surface area contributed by atoms with Crippen LogP contribution in [0, 0.1) is 0 Å². The highest BCUT2D eigenvalue weighted by molar-refractivity contribution is 7.21. The molecule has 0 spiro atoms. The molecule has 0 unspecified atom stereocenters. The SMILES string of the molecule is O=C1c2ccc(-c3nc4ccccc4s3)cc2C(=O)N1C[C@H]1CCCO1. The Bertz CT molecular complexity index is 1000. The van der Waals surface area contributed by atoms with Gasteiger partial charge in [0.2, 0.25) is 0 Å². The highest BCUT2D eigenvalue weighted by Crippen LogP contribution is 2.33. The Hall–Kier alpha value is -2.57. The van der Waals surface area contributed by atoms with E-state index in [1.54, 1.807) is 23.5 Å². The van der Waals surface area contributed by atoms with Crippen molar-refractivity contribution < 1.29 is 14.3 Å². The minimum atomic E-state index is -0.233. The molecule has 3 heterocycles. The van der Waals surface area contributed by atoms with Crippen molar-refractivity contribution in [3.05, 3.63) is 53.6 Å². The smallest absolute Gasteiger partial charge is 0.261 e. The Labute approximate surface area is 154 Å². The lowest BCUT2D eigenvalue weighted by Gasteiger charge is -2.17. The molecule has 130 valence electrons. The maximum atomic E-state index is 12.8. The van der Waals surface area contributed by atoms with E-state index in [-0.39, 0.29) is 17.9 Å². The molecule has 6 heteroatoms. The first kappa shape index (κ1) is 15.7. The molecule has 26 heavy (non-hydrogen) atoms. The largest absolute Gasteiger partial charge is 0.376 e. The lowest BCUT2D eigenvalue weighted by molar-refractivity contribution is 0.0475. The van der Waals surface area contributed by atoms with Crippen molar-refractivity contribution in [1.82, 2.24) is 9.88 Å². The molecule has 5 nitrogen and oxygen atoms in total. The first-order chi connectivity index (χ1) is 12.7. The third-order valence-corrected chi connectivity index (χ3v) is 6.01. The van der Waals surface area contributed by atoms with E-state index >= 15 is 0 Å². The van der Waals surface area contributed by atoms with E-state index in [0.29, 0.717) is 24.3 Å². The first-order valence-electron chi connectivity index (χ1n) is 8.68. The number of amides is 2. The van der Waals surface area contributed by atoms with E-state index in [1.807, 2.05) is 30.3 Å².